The number of hydrogen-bond acceptors (Lipinski definition) is 1. The third-order valence-electron chi connectivity index (χ3n) is 2.33. The van der Waals surface area contributed by atoms with Crippen molar-refractivity contribution in [3.05, 3.63) is 11.8 Å². The summed E-state index contributed by atoms with van der Waals surface area (Å²) in [5, 5.41) is 4.16. The topological polar surface area (TPSA) is 26.5 Å². The van der Waals surface area contributed by atoms with Crippen LogP contribution in [-0.2, 0) is 0 Å². The van der Waals surface area contributed by atoms with Gasteiger partial charge < -0.3 is 0 Å². The first-order valence-corrected chi connectivity index (χ1v) is 5.34. The molecule has 0 fully saturated rings. The van der Waals surface area contributed by atoms with Crippen molar-refractivity contribution in [2.24, 2.45) is 5.10 Å². The van der Waals surface area contributed by atoms with Crippen LogP contribution in [0.3, 0.4) is 0 Å². The molecule has 2 heteroatoms. The van der Waals surface area contributed by atoms with Crippen LogP contribution in [0.1, 0.15) is 52.4 Å². The highest BCUT2D eigenvalue weighted by Crippen LogP contribution is 2.16. The lowest BCUT2D eigenvalue weighted by atomic mass is 10.0. The van der Waals surface area contributed by atoms with Crippen molar-refractivity contribution in [1.82, 2.24) is 5.43 Å². The van der Waals surface area contributed by atoms with E-state index in [0.29, 0.717) is 0 Å². The van der Waals surface area contributed by atoms with Gasteiger partial charge in [-0.1, -0.05) is 26.7 Å². The van der Waals surface area contributed by atoms with Gasteiger partial charge in [-0.25, -0.2) is 0 Å². The summed E-state index contributed by atoms with van der Waals surface area (Å²) < 4.78 is 0. The van der Waals surface area contributed by atoms with E-state index in [1.807, 2.05) is 6.20 Å². The standard InChI is InChI=1S/C11H19N2/c1-3-5-7-10-9-12-13-11(10)8-6-4-2/h9H,3-8H2,1-2H3. The zero-order valence-electron chi connectivity index (χ0n) is 8.71. The maximum atomic E-state index is 4.16. The van der Waals surface area contributed by atoms with E-state index in [0.717, 1.165) is 12.8 Å². The molecular formula is C11H19N2. The molecular weight excluding hydrogens is 160 g/mol. The van der Waals surface area contributed by atoms with Crippen molar-refractivity contribution in [3.63, 3.8) is 0 Å². The molecule has 73 valence electrons. The number of nitrogens with zero attached hydrogens (tertiary/aromatic N) is 2. The molecule has 1 rings (SSSR count). The van der Waals surface area contributed by atoms with Crippen LogP contribution in [-0.4, -0.2) is 5.71 Å². The smallest absolute Gasteiger partial charge is 0.0678 e. The van der Waals surface area contributed by atoms with Crippen molar-refractivity contribution in [2.75, 3.05) is 0 Å². The van der Waals surface area contributed by atoms with Crippen LogP contribution in [0.15, 0.2) is 16.9 Å². The highest BCUT2D eigenvalue weighted by atomic mass is 15.3. The Bertz CT molecular complexity index is 182. The van der Waals surface area contributed by atoms with Crippen molar-refractivity contribution in [3.8, 4) is 0 Å². The number of hydrogen-bond donors (Lipinski definition) is 0. The Kier molecular flexibility index (Phi) is 4.58. The second-order valence-electron chi connectivity index (χ2n) is 3.52. The first-order chi connectivity index (χ1) is 6.38. The van der Waals surface area contributed by atoms with Crippen molar-refractivity contribution in [1.29, 1.82) is 0 Å². The molecule has 1 aliphatic heterocycles. The average molecular weight is 179 g/mol. The van der Waals surface area contributed by atoms with Gasteiger partial charge in [0.25, 0.3) is 0 Å². The van der Waals surface area contributed by atoms with Crippen LogP contribution in [0.5, 0.6) is 0 Å². The first kappa shape index (κ1) is 10.3. The third-order valence-corrected chi connectivity index (χ3v) is 2.33. The zero-order chi connectivity index (χ0) is 9.52. The molecule has 0 aliphatic carbocycles. The molecule has 13 heavy (non-hydrogen) atoms. The normalized spacial score (nSPS) is 15.2. The summed E-state index contributed by atoms with van der Waals surface area (Å²) >= 11 is 0. The van der Waals surface area contributed by atoms with E-state index >= 15 is 0 Å². The van der Waals surface area contributed by atoms with E-state index in [1.165, 1.54) is 37.0 Å². The molecule has 2 nitrogen and oxygen atoms in total. The minimum Gasteiger partial charge on any atom is -0.159 e. The highest BCUT2D eigenvalue weighted by molar-refractivity contribution is 6.01. The SMILES string of the molecule is CCCCC1=C[N]N=C1CCCC. The summed E-state index contributed by atoms with van der Waals surface area (Å²) in [4.78, 5) is 0. The fraction of sp³-hybridized carbons (Fsp3) is 0.727. The van der Waals surface area contributed by atoms with E-state index in [2.05, 4.69) is 24.4 Å². The van der Waals surface area contributed by atoms with Crippen LogP contribution in [0.4, 0.5) is 0 Å². The summed E-state index contributed by atoms with van der Waals surface area (Å²) in [7, 11) is 0. The number of rotatable bonds is 6. The van der Waals surface area contributed by atoms with E-state index < -0.39 is 0 Å². The van der Waals surface area contributed by atoms with Crippen molar-refractivity contribution in [2.45, 2.75) is 52.4 Å². The van der Waals surface area contributed by atoms with Gasteiger partial charge >= 0.3 is 0 Å². The first-order valence-electron chi connectivity index (χ1n) is 5.34. The molecule has 1 radical (unpaired) electrons. The van der Waals surface area contributed by atoms with Gasteiger partial charge in [0.15, 0.2) is 0 Å². The van der Waals surface area contributed by atoms with Gasteiger partial charge in [0, 0.05) is 0 Å². The van der Waals surface area contributed by atoms with E-state index in [1.54, 1.807) is 0 Å². The van der Waals surface area contributed by atoms with E-state index in [9.17, 15) is 0 Å². The maximum absolute atomic E-state index is 4.16. The predicted molar refractivity (Wildman–Crippen MR) is 56.7 cm³/mol. The Morgan fingerprint density at radius 2 is 1.77 bits per heavy atom. The monoisotopic (exact) mass is 179 g/mol. The van der Waals surface area contributed by atoms with E-state index in [4.69, 9.17) is 0 Å². The summed E-state index contributed by atoms with van der Waals surface area (Å²) in [6.07, 6.45) is 9.17. The van der Waals surface area contributed by atoms with Gasteiger partial charge in [0.2, 0.25) is 0 Å². The van der Waals surface area contributed by atoms with Crippen LogP contribution in [0.25, 0.3) is 0 Å². The van der Waals surface area contributed by atoms with Gasteiger partial charge in [-0.05, 0) is 31.3 Å². The highest BCUT2D eigenvalue weighted by Gasteiger charge is 2.11. The summed E-state index contributed by atoms with van der Waals surface area (Å²) in [6.45, 7) is 4.43. The second-order valence-corrected chi connectivity index (χ2v) is 3.52. The maximum Gasteiger partial charge on any atom is 0.0678 e. The molecule has 1 aliphatic rings. The molecule has 0 unspecified atom stereocenters. The van der Waals surface area contributed by atoms with Gasteiger partial charge in [0.1, 0.15) is 0 Å². The minimum atomic E-state index is 1.11. The molecule has 0 saturated carbocycles. The van der Waals surface area contributed by atoms with Crippen LogP contribution >= 0.6 is 0 Å². The van der Waals surface area contributed by atoms with Gasteiger partial charge in [-0.15, -0.1) is 0 Å². The molecule has 0 aromatic heterocycles. The lowest BCUT2D eigenvalue weighted by molar-refractivity contribution is 0.792. The van der Waals surface area contributed by atoms with Crippen LogP contribution in [0, 0.1) is 0 Å². The van der Waals surface area contributed by atoms with Gasteiger partial charge in [-0.3, -0.25) is 0 Å². The molecule has 0 N–H and O–H groups in total. The molecule has 0 bridgehead atoms. The van der Waals surface area contributed by atoms with Gasteiger partial charge in [-0.2, -0.15) is 10.5 Å². The lowest BCUT2D eigenvalue weighted by Gasteiger charge is -2.03. The van der Waals surface area contributed by atoms with Crippen molar-refractivity contribution < 1.29 is 0 Å². The molecule has 0 saturated heterocycles. The van der Waals surface area contributed by atoms with Gasteiger partial charge in [0.05, 0.1) is 11.9 Å². The van der Waals surface area contributed by atoms with E-state index in [-0.39, 0.29) is 0 Å². The Morgan fingerprint density at radius 1 is 1.08 bits per heavy atom. The molecule has 0 spiro atoms. The summed E-state index contributed by atoms with van der Waals surface area (Å²) in [6, 6.07) is 0. The fourth-order valence-electron chi connectivity index (χ4n) is 1.44. The third kappa shape index (κ3) is 3.21. The Morgan fingerprint density at radius 3 is 2.46 bits per heavy atom. The second kappa shape index (κ2) is 5.79. The lowest BCUT2D eigenvalue weighted by Crippen LogP contribution is -1.99. The number of unbranched alkanes of at least 4 members (excludes halogenated alkanes) is 2. The predicted octanol–water partition coefficient (Wildman–Crippen LogP) is 3.22. The molecule has 0 atom stereocenters. The molecule has 1 heterocycles. The summed E-state index contributed by atoms with van der Waals surface area (Å²) in [5.74, 6) is 0. The van der Waals surface area contributed by atoms with Crippen LogP contribution < -0.4 is 5.43 Å². The zero-order valence-corrected chi connectivity index (χ0v) is 8.71. The van der Waals surface area contributed by atoms with Crippen LogP contribution in [0.2, 0.25) is 0 Å². The molecule has 0 amide bonds. The fourth-order valence-corrected chi connectivity index (χ4v) is 1.44. The number of allylic oxidation sites excluding steroid dienone is 1. The largest absolute Gasteiger partial charge is 0.159 e. The van der Waals surface area contributed by atoms with Crippen molar-refractivity contribution >= 4 is 5.71 Å². The Balaban J connectivity index is 2.33. The molecule has 0 aromatic carbocycles. The quantitative estimate of drug-likeness (QED) is 0.598. The summed E-state index contributed by atoms with van der Waals surface area (Å²) in [5.41, 5.74) is 6.58. The Hall–Kier alpha value is -0.790. The molecule has 0 aromatic rings. The minimum absolute atomic E-state index is 1.11. The Labute approximate surface area is 81.1 Å². The average Bonchev–Trinajstić information content (AvgIpc) is 2.59.